The maximum atomic E-state index is 12.1. The number of ether oxygens (including phenoxy) is 1. The van der Waals surface area contributed by atoms with Crippen LogP contribution in [-0.2, 0) is 14.8 Å². The average molecular weight is 240 g/mol. The molecule has 1 saturated heterocycles. The predicted octanol–water partition coefficient (Wildman–Crippen LogP) is 0.816. The van der Waals surface area contributed by atoms with Crippen LogP contribution in [0.15, 0.2) is 23.1 Å². The van der Waals surface area contributed by atoms with Gasteiger partial charge in [0.1, 0.15) is 0 Å². The number of aryl methyl sites for hydroxylation is 1. The third-order valence-electron chi connectivity index (χ3n) is 2.55. The first kappa shape index (κ1) is 11.6. The molecule has 2 rings (SSSR count). The second-order valence-corrected chi connectivity index (χ2v) is 5.66. The molecule has 0 amide bonds. The van der Waals surface area contributed by atoms with E-state index in [1.807, 2.05) is 6.92 Å². The van der Waals surface area contributed by atoms with E-state index in [-0.39, 0.29) is 0 Å². The average Bonchev–Trinajstić information content (AvgIpc) is 2.31. The minimum absolute atomic E-state index is 0.306. The fourth-order valence-electron chi connectivity index (χ4n) is 1.58. The van der Waals surface area contributed by atoms with Crippen LogP contribution < -0.4 is 0 Å². The zero-order valence-electron chi connectivity index (χ0n) is 9.14. The summed E-state index contributed by atoms with van der Waals surface area (Å²) in [5, 5.41) is 0. The second kappa shape index (κ2) is 4.53. The number of benzene rings is 1. The van der Waals surface area contributed by atoms with Gasteiger partial charge < -0.3 is 4.74 Å². The Labute approximate surface area is 95.9 Å². The van der Waals surface area contributed by atoms with Gasteiger partial charge >= 0.3 is 0 Å². The van der Waals surface area contributed by atoms with Crippen molar-refractivity contribution in [3.8, 4) is 0 Å². The van der Waals surface area contributed by atoms with Gasteiger partial charge in [-0.1, -0.05) is 6.07 Å². The fourth-order valence-corrected chi connectivity index (χ4v) is 2.96. The van der Waals surface area contributed by atoms with Crippen LogP contribution in [0.25, 0.3) is 0 Å². The van der Waals surface area contributed by atoms with Gasteiger partial charge in [-0.2, -0.15) is 4.31 Å². The standard InChI is InChI=1S/C11H14NO3S/c1-10-2-4-11(5-3-10)16(13,14)12-6-8-15-9-7-12/h2,4-5H,6-9H2,1H3. The summed E-state index contributed by atoms with van der Waals surface area (Å²) in [6, 6.07) is 7.81. The molecule has 16 heavy (non-hydrogen) atoms. The highest BCUT2D eigenvalue weighted by molar-refractivity contribution is 7.89. The lowest BCUT2D eigenvalue weighted by atomic mass is 10.2. The molecule has 1 aromatic carbocycles. The van der Waals surface area contributed by atoms with Gasteiger partial charge in [0.05, 0.1) is 18.1 Å². The van der Waals surface area contributed by atoms with E-state index in [1.165, 1.54) is 10.4 Å². The molecule has 4 nitrogen and oxygen atoms in total. The van der Waals surface area contributed by atoms with Crippen molar-refractivity contribution in [2.75, 3.05) is 26.3 Å². The monoisotopic (exact) mass is 240 g/mol. The number of hydrogen-bond acceptors (Lipinski definition) is 3. The van der Waals surface area contributed by atoms with Gasteiger partial charge in [-0.3, -0.25) is 0 Å². The molecule has 1 aliphatic rings. The van der Waals surface area contributed by atoms with Crippen LogP contribution in [0.2, 0.25) is 0 Å². The maximum Gasteiger partial charge on any atom is 0.243 e. The van der Waals surface area contributed by atoms with Crippen LogP contribution in [0.3, 0.4) is 0 Å². The smallest absolute Gasteiger partial charge is 0.243 e. The fraction of sp³-hybridized carbons (Fsp3) is 0.455. The predicted molar refractivity (Wildman–Crippen MR) is 59.6 cm³/mol. The van der Waals surface area contributed by atoms with Crippen molar-refractivity contribution < 1.29 is 13.2 Å². The Balaban J connectivity index is 2.27. The van der Waals surface area contributed by atoms with Crippen LogP contribution in [-0.4, -0.2) is 39.0 Å². The zero-order chi connectivity index (χ0) is 11.6. The Hall–Kier alpha value is -0.910. The SMILES string of the molecule is Cc1[c]cc(S(=O)(=O)N2CCOCC2)cc1. The topological polar surface area (TPSA) is 46.6 Å². The molecule has 0 aromatic heterocycles. The quantitative estimate of drug-likeness (QED) is 0.768. The highest BCUT2D eigenvalue weighted by Gasteiger charge is 2.25. The molecule has 0 saturated carbocycles. The molecular weight excluding hydrogens is 226 g/mol. The third kappa shape index (κ3) is 2.26. The highest BCUT2D eigenvalue weighted by Crippen LogP contribution is 2.16. The van der Waals surface area contributed by atoms with Gasteiger partial charge in [-0.15, -0.1) is 0 Å². The maximum absolute atomic E-state index is 12.1. The Morgan fingerprint density at radius 2 is 2.00 bits per heavy atom. The van der Waals surface area contributed by atoms with Gasteiger partial charge in [0.25, 0.3) is 0 Å². The number of morpholine rings is 1. The molecule has 0 spiro atoms. The number of nitrogens with zero attached hydrogens (tertiary/aromatic N) is 1. The summed E-state index contributed by atoms with van der Waals surface area (Å²) < 4.78 is 30.9. The van der Waals surface area contributed by atoms with Crippen LogP contribution in [0.5, 0.6) is 0 Å². The first-order valence-electron chi connectivity index (χ1n) is 5.17. The van der Waals surface area contributed by atoms with E-state index in [4.69, 9.17) is 4.74 Å². The van der Waals surface area contributed by atoms with Crippen molar-refractivity contribution in [1.29, 1.82) is 0 Å². The Morgan fingerprint density at radius 1 is 1.31 bits per heavy atom. The Kier molecular flexibility index (Phi) is 3.28. The van der Waals surface area contributed by atoms with E-state index in [2.05, 4.69) is 6.07 Å². The first-order chi connectivity index (χ1) is 7.60. The lowest BCUT2D eigenvalue weighted by Gasteiger charge is -2.25. The van der Waals surface area contributed by atoms with Gasteiger partial charge in [0.2, 0.25) is 10.0 Å². The number of rotatable bonds is 2. The van der Waals surface area contributed by atoms with Crippen LogP contribution in [0, 0.1) is 13.0 Å². The molecule has 5 heteroatoms. The Bertz CT molecular complexity index is 447. The highest BCUT2D eigenvalue weighted by atomic mass is 32.2. The van der Waals surface area contributed by atoms with Crippen molar-refractivity contribution >= 4 is 10.0 Å². The Morgan fingerprint density at radius 3 is 2.56 bits per heavy atom. The number of sulfonamides is 1. The molecule has 0 unspecified atom stereocenters. The van der Waals surface area contributed by atoms with Crippen LogP contribution in [0.1, 0.15) is 5.56 Å². The summed E-state index contributed by atoms with van der Waals surface area (Å²) in [7, 11) is -3.36. The van der Waals surface area contributed by atoms with Crippen LogP contribution in [0.4, 0.5) is 0 Å². The van der Waals surface area contributed by atoms with Crippen molar-refractivity contribution in [3.05, 3.63) is 29.8 Å². The minimum Gasteiger partial charge on any atom is -0.379 e. The lowest BCUT2D eigenvalue weighted by Crippen LogP contribution is -2.40. The third-order valence-corrected chi connectivity index (χ3v) is 4.44. The van der Waals surface area contributed by atoms with E-state index in [0.717, 1.165) is 5.56 Å². The summed E-state index contributed by atoms with van der Waals surface area (Å²) >= 11 is 0. The molecule has 0 N–H and O–H groups in total. The molecule has 0 aliphatic carbocycles. The molecule has 1 heterocycles. The molecule has 1 fully saturated rings. The summed E-state index contributed by atoms with van der Waals surface area (Å²) in [6.07, 6.45) is 0. The van der Waals surface area contributed by atoms with E-state index in [9.17, 15) is 8.42 Å². The summed E-state index contributed by atoms with van der Waals surface area (Å²) in [4.78, 5) is 0.306. The van der Waals surface area contributed by atoms with Crippen molar-refractivity contribution in [2.45, 2.75) is 11.8 Å². The number of hydrogen-bond donors (Lipinski definition) is 0. The second-order valence-electron chi connectivity index (χ2n) is 3.72. The van der Waals surface area contributed by atoms with Gasteiger partial charge in [-0.25, -0.2) is 8.42 Å². The van der Waals surface area contributed by atoms with Gasteiger partial charge in [0.15, 0.2) is 0 Å². The first-order valence-corrected chi connectivity index (χ1v) is 6.61. The molecule has 1 radical (unpaired) electrons. The summed E-state index contributed by atoms with van der Waals surface area (Å²) in [5.74, 6) is 0. The van der Waals surface area contributed by atoms with E-state index < -0.39 is 10.0 Å². The van der Waals surface area contributed by atoms with Gasteiger partial charge in [0, 0.05) is 13.1 Å². The molecule has 1 aromatic rings. The van der Waals surface area contributed by atoms with E-state index >= 15 is 0 Å². The van der Waals surface area contributed by atoms with Crippen LogP contribution >= 0.6 is 0 Å². The van der Waals surface area contributed by atoms with E-state index in [0.29, 0.717) is 31.2 Å². The van der Waals surface area contributed by atoms with Crippen molar-refractivity contribution in [3.63, 3.8) is 0 Å². The van der Waals surface area contributed by atoms with Gasteiger partial charge in [-0.05, 0) is 30.7 Å². The summed E-state index contributed by atoms with van der Waals surface area (Å²) in [6.45, 7) is 3.67. The van der Waals surface area contributed by atoms with Crippen molar-refractivity contribution in [2.24, 2.45) is 0 Å². The molecular formula is C11H14NO3S. The zero-order valence-corrected chi connectivity index (χ0v) is 9.96. The normalized spacial score (nSPS) is 18.6. The molecule has 0 atom stereocenters. The molecule has 0 bridgehead atoms. The largest absolute Gasteiger partial charge is 0.379 e. The van der Waals surface area contributed by atoms with E-state index in [1.54, 1.807) is 12.1 Å². The summed E-state index contributed by atoms with van der Waals surface area (Å²) in [5.41, 5.74) is 0.931. The molecule has 1 aliphatic heterocycles. The van der Waals surface area contributed by atoms with Crippen molar-refractivity contribution in [1.82, 2.24) is 4.31 Å². The minimum atomic E-state index is -3.36. The molecule has 87 valence electrons. The lowest BCUT2D eigenvalue weighted by molar-refractivity contribution is 0.0730.